The molecule has 0 spiro atoms. The number of amides is 1. The normalized spacial score (nSPS) is 13.9. The summed E-state index contributed by atoms with van der Waals surface area (Å²) in [6.07, 6.45) is 0. The van der Waals surface area contributed by atoms with E-state index in [9.17, 15) is 4.79 Å². The van der Waals surface area contributed by atoms with Gasteiger partial charge in [-0.3, -0.25) is 9.69 Å². The van der Waals surface area contributed by atoms with Crippen molar-refractivity contribution in [2.75, 3.05) is 4.90 Å². The van der Waals surface area contributed by atoms with Gasteiger partial charge >= 0.3 is 0 Å². The Morgan fingerprint density at radius 2 is 1.56 bits per heavy atom. The molecular weight excluding hydrogens is 246 g/mol. The van der Waals surface area contributed by atoms with Crippen LogP contribution in [0.25, 0.3) is 5.70 Å². The highest BCUT2D eigenvalue weighted by Gasteiger charge is 2.31. The van der Waals surface area contributed by atoms with Gasteiger partial charge in [-0.05, 0) is 30.3 Å². The van der Waals surface area contributed by atoms with Crippen LogP contribution in [0, 0.1) is 0 Å². The van der Waals surface area contributed by atoms with Crippen molar-refractivity contribution in [3.05, 3.63) is 71.3 Å². The summed E-state index contributed by atoms with van der Waals surface area (Å²) in [7, 11) is 0. The molecule has 2 nitrogen and oxygen atoms in total. The average molecular weight is 256 g/mol. The number of nitrogens with zero attached hydrogens (tertiary/aromatic N) is 1. The Bertz CT molecular complexity index is 611. The first kappa shape index (κ1) is 11.1. The van der Waals surface area contributed by atoms with E-state index >= 15 is 0 Å². The molecule has 0 radical (unpaired) electrons. The van der Waals surface area contributed by atoms with Gasteiger partial charge in [-0.2, -0.15) is 0 Å². The lowest BCUT2D eigenvalue weighted by molar-refractivity contribution is 0.101. The minimum absolute atomic E-state index is 0.0436. The zero-order chi connectivity index (χ0) is 12.7. The third-order valence-electron chi connectivity index (χ3n) is 3.03. The summed E-state index contributed by atoms with van der Waals surface area (Å²) >= 11 is 5.85. The van der Waals surface area contributed by atoms with Gasteiger partial charge in [-0.1, -0.05) is 36.4 Å². The molecule has 18 heavy (non-hydrogen) atoms. The van der Waals surface area contributed by atoms with E-state index in [0.29, 0.717) is 16.3 Å². The first-order valence-electron chi connectivity index (χ1n) is 5.57. The number of carbonyl (C=O) groups is 1. The van der Waals surface area contributed by atoms with Crippen LogP contribution in [0.5, 0.6) is 0 Å². The van der Waals surface area contributed by atoms with Crippen LogP contribution in [-0.2, 0) is 0 Å². The molecule has 1 heterocycles. The van der Waals surface area contributed by atoms with Crippen LogP contribution >= 0.6 is 11.6 Å². The van der Waals surface area contributed by atoms with Gasteiger partial charge in [0.1, 0.15) is 0 Å². The van der Waals surface area contributed by atoms with Crippen molar-refractivity contribution in [1.29, 1.82) is 0 Å². The average Bonchev–Trinajstić information content (AvgIpc) is 2.64. The molecule has 3 heteroatoms. The van der Waals surface area contributed by atoms with Crippen molar-refractivity contribution in [2.24, 2.45) is 0 Å². The van der Waals surface area contributed by atoms with Crippen LogP contribution in [0.3, 0.4) is 0 Å². The maximum absolute atomic E-state index is 12.3. The summed E-state index contributed by atoms with van der Waals surface area (Å²) in [5.74, 6) is -0.0436. The standard InChI is InChI=1S/C15H10ClNO/c1-10-13-4-2-3-5-14(13)15(18)17(10)12-8-6-11(16)7-9-12/h2-9H,1H2. The third kappa shape index (κ3) is 1.54. The van der Waals surface area contributed by atoms with Crippen LogP contribution in [0.2, 0.25) is 5.02 Å². The van der Waals surface area contributed by atoms with Gasteiger partial charge in [-0.15, -0.1) is 0 Å². The Hall–Kier alpha value is -2.06. The lowest BCUT2D eigenvalue weighted by Gasteiger charge is -2.17. The Labute approximate surface area is 110 Å². The predicted octanol–water partition coefficient (Wildman–Crippen LogP) is 3.97. The molecule has 0 aliphatic carbocycles. The number of fused-ring (bicyclic) bond motifs is 1. The van der Waals surface area contributed by atoms with E-state index in [1.807, 2.05) is 36.4 Å². The summed E-state index contributed by atoms with van der Waals surface area (Å²) in [5.41, 5.74) is 3.07. The molecule has 0 N–H and O–H groups in total. The molecule has 2 aromatic carbocycles. The fraction of sp³-hybridized carbons (Fsp3) is 0. The zero-order valence-electron chi connectivity index (χ0n) is 9.56. The van der Waals surface area contributed by atoms with Crippen molar-refractivity contribution in [1.82, 2.24) is 0 Å². The van der Waals surface area contributed by atoms with Crippen molar-refractivity contribution < 1.29 is 4.79 Å². The maximum atomic E-state index is 12.3. The van der Waals surface area contributed by atoms with Gasteiger partial charge in [0.25, 0.3) is 5.91 Å². The molecule has 0 saturated carbocycles. The minimum atomic E-state index is -0.0436. The van der Waals surface area contributed by atoms with Gasteiger partial charge < -0.3 is 0 Å². The fourth-order valence-corrected chi connectivity index (χ4v) is 2.27. The molecule has 1 aliphatic heterocycles. The largest absolute Gasteiger partial charge is 0.277 e. The molecule has 0 fully saturated rings. The van der Waals surface area contributed by atoms with Crippen LogP contribution < -0.4 is 4.90 Å². The molecule has 0 bridgehead atoms. The highest BCUT2D eigenvalue weighted by molar-refractivity contribution is 6.30. The van der Waals surface area contributed by atoms with E-state index in [1.54, 1.807) is 17.0 Å². The van der Waals surface area contributed by atoms with Crippen LogP contribution in [0.15, 0.2) is 55.1 Å². The maximum Gasteiger partial charge on any atom is 0.263 e. The zero-order valence-corrected chi connectivity index (χ0v) is 10.3. The van der Waals surface area contributed by atoms with E-state index in [1.165, 1.54) is 0 Å². The van der Waals surface area contributed by atoms with Gasteiger partial charge in [0, 0.05) is 21.8 Å². The van der Waals surface area contributed by atoms with E-state index in [2.05, 4.69) is 6.58 Å². The first-order chi connectivity index (χ1) is 8.68. The minimum Gasteiger partial charge on any atom is -0.277 e. The summed E-state index contributed by atoms with van der Waals surface area (Å²) in [4.78, 5) is 13.9. The van der Waals surface area contributed by atoms with Gasteiger partial charge in [0.15, 0.2) is 0 Å². The number of anilines is 1. The predicted molar refractivity (Wildman–Crippen MR) is 73.7 cm³/mol. The second-order valence-corrected chi connectivity index (χ2v) is 4.55. The van der Waals surface area contributed by atoms with E-state index in [4.69, 9.17) is 11.6 Å². The molecule has 3 rings (SSSR count). The second kappa shape index (κ2) is 4.00. The highest BCUT2D eigenvalue weighted by atomic mass is 35.5. The Balaban J connectivity index is 2.09. The van der Waals surface area contributed by atoms with Gasteiger partial charge in [0.05, 0.1) is 5.70 Å². The van der Waals surface area contributed by atoms with Gasteiger partial charge in [0.2, 0.25) is 0 Å². The SMILES string of the molecule is C=C1c2ccccc2C(=O)N1c1ccc(Cl)cc1. The lowest BCUT2D eigenvalue weighted by Crippen LogP contribution is -2.21. The summed E-state index contributed by atoms with van der Waals surface area (Å²) < 4.78 is 0. The molecule has 1 aliphatic rings. The Kier molecular flexibility index (Phi) is 2.46. The van der Waals surface area contributed by atoms with E-state index in [-0.39, 0.29) is 5.91 Å². The molecular formula is C15H10ClNO. The fourth-order valence-electron chi connectivity index (χ4n) is 2.15. The lowest BCUT2D eigenvalue weighted by atomic mass is 10.1. The van der Waals surface area contributed by atoms with Crippen molar-refractivity contribution >= 4 is 28.9 Å². The first-order valence-corrected chi connectivity index (χ1v) is 5.94. The second-order valence-electron chi connectivity index (χ2n) is 4.11. The van der Waals surface area contributed by atoms with Crippen LogP contribution in [-0.4, -0.2) is 5.91 Å². The Morgan fingerprint density at radius 3 is 2.17 bits per heavy atom. The molecule has 0 atom stereocenters. The number of carbonyl (C=O) groups excluding carboxylic acids is 1. The topological polar surface area (TPSA) is 20.3 Å². The molecule has 0 unspecified atom stereocenters. The number of hydrogen-bond donors (Lipinski definition) is 0. The molecule has 1 amide bonds. The van der Waals surface area contributed by atoms with Crippen LogP contribution in [0.1, 0.15) is 15.9 Å². The molecule has 0 saturated heterocycles. The molecule has 2 aromatic rings. The number of hydrogen-bond acceptors (Lipinski definition) is 1. The summed E-state index contributed by atoms with van der Waals surface area (Å²) in [6, 6.07) is 14.7. The quantitative estimate of drug-likeness (QED) is 0.755. The van der Waals surface area contributed by atoms with Crippen LogP contribution in [0.4, 0.5) is 5.69 Å². The summed E-state index contributed by atoms with van der Waals surface area (Å²) in [6.45, 7) is 4.00. The number of benzene rings is 2. The van der Waals surface area contributed by atoms with Gasteiger partial charge in [-0.25, -0.2) is 0 Å². The number of halogens is 1. The number of rotatable bonds is 1. The van der Waals surface area contributed by atoms with Crippen molar-refractivity contribution in [3.63, 3.8) is 0 Å². The van der Waals surface area contributed by atoms with Crippen molar-refractivity contribution in [3.8, 4) is 0 Å². The smallest absolute Gasteiger partial charge is 0.263 e. The monoisotopic (exact) mass is 255 g/mol. The van der Waals surface area contributed by atoms with Crippen molar-refractivity contribution in [2.45, 2.75) is 0 Å². The van der Waals surface area contributed by atoms with E-state index in [0.717, 1.165) is 11.3 Å². The highest BCUT2D eigenvalue weighted by Crippen LogP contribution is 2.35. The third-order valence-corrected chi connectivity index (χ3v) is 3.28. The van der Waals surface area contributed by atoms with E-state index < -0.39 is 0 Å². The Morgan fingerprint density at radius 1 is 0.944 bits per heavy atom. The molecule has 0 aromatic heterocycles. The summed E-state index contributed by atoms with van der Waals surface area (Å²) in [5, 5.41) is 0.647. The molecule has 88 valence electrons.